The van der Waals surface area contributed by atoms with Gasteiger partial charge in [0.15, 0.2) is 0 Å². The Kier molecular flexibility index (Phi) is 4.90. The quantitative estimate of drug-likeness (QED) is 0.728. The van der Waals surface area contributed by atoms with Crippen LogP contribution in [0.1, 0.15) is 40.0 Å². The van der Waals surface area contributed by atoms with E-state index < -0.39 is 0 Å². The van der Waals surface area contributed by atoms with Gasteiger partial charge in [-0.05, 0) is 46.2 Å². The monoisotopic (exact) mass is 198 g/mol. The zero-order chi connectivity index (χ0) is 10.6. The molecular formula is C12H26N2. The molecule has 0 bridgehead atoms. The highest BCUT2D eigenvalue weighted by molar-refractivity contribution is 4.80. The summed E-state index contributed by atoms with van der Waals surface area (Å²) in [6.45, 7) is 9.59. The standard InChI is InChI=1S/C12H26N2/c1-5-12-6-7-14(9-12)11(3)8-10(2)13-4/h10-13H,5-9H2,1-4H3. The van der Waals surface area contributed by atoms with E-state index in [1.54, 1.807) is 0 Å². The number of hydrogen-bond acceptors (Lipinski definition) is 2. The number of nitrogens with zero attached hydrogens (tertiary/aromatic N) is 1. The lowest BCUT2D eigenvalue weighted by Crippen LogP contribution is -2.36. The summed E-state index contributed by atoms with van der Waals surface area (Å²) < 4.78 is 0. The van der Waals surface area contributed by atoms with Gasteiger partial charge in [0, 0.05) is 18.6 Å². The van der Waals surface area contributed by atoms with Crippen molar-refractivity contribution in [3.05, 3.63) is 0 Å². The summed E-state index contributed by atoms with van der Waals surface area (Å²) in [6.07, 6.45) is 4.03. The maximum Gasteiger partial charge on any atom is 0.00817 e. The van der Waals surface area contributed by atoms with Gasteiger partial charge < -0.3 is 10.2 Å². The van der Waals surface area contributed by atoms with Crippen molar-refractivity contribution in [1.29, 1.82) is 0 Å². The molecule has 2 heteroatoms. The van der Waals surface area contributed by atoms with Gasteiger partial charge in [-0.15, -0.1) is 0 Å². The molecule has 0 aromatic carbocycles. The average molecular weight is 198 g/mol. The number of rotatable bonds is 5. The Balaban J connectivity index is 2.28. The van der Waals surface area contributed by atoms with Gasteiger partial charge in [0.05, 0.1) is 0 Å². The Morgan fingerprint density at radius 2 is 2.14 bits per heavy atom. The number of hydrogen-bond donors (Lipinski definition) is 1. The molecule has 0 aliphatic carbocycles. The lowest BCUT2D eigenvalue weighted by atomic mass is 10.1. The largest absolute Gasteiger partial charge is 0.317 e. The van der Waals surface area contributed by atoms with E-state index in [2.05, 4.69) is 38.0 Å². The third-order valence-corrected chi connectivity index (χ3v) is 3.71. The fraction of sp³-hybridized carbons (Fsp3) is 1.00. The Bertz CT molecular complexity index is 158. The maximum atomic E-state index is 3.32. The van der Waals surface area contributed by atoms with Gasteiger partial charge >= 0.3 is 0 Å². The summed E-state index contributed by atoms with van der Waals surface area (Å²) in [4.78, 5) is 2.65. The van der Waals surface area contributed by atoms with Crippen molar-refractivity contribution < 1.29 is 0 Å². The predicted octanol–water partition coefficient (Wildman–Crippen LogP) is 2.10. The molecule has 3 atom stereocenters. The van der Waals surface area contributed by atoms with Crippen molar-refractivity contribution in [2.45, 2.75) is 52.1 Å². The van der Waals surface area contributed by atoms with Crippen LogP contribution in [0.3, 0.4) is 0 Å². The minimum Gasteiger partial charge on any atom is -0.317 e. The van der Waals surface area contributed by atoms with Crippen LogP contribution in [0.4, 0.5) is 0 Å². The highest BCUT2D eigenvalue weighted by Crippen LogP contribution is 2.22. The lowest BCUT2D eigenvalue weighted by molar-refractivity contribution is 0.224. The molecule has 2 nitrogen and oxygen atoms in total. The van der Waals surface area contributed by atoms with E-state index in [4.69, 9.17) is 0 Å². The zero-order valence-electron chi connectivity index (χ0n) is 10.2. The van der Waals surface area contributed by atoms with Crippen LogP contribution in [-0.2, 0) is 0 Å². The van der Waals surface area contributed by atoms with Crippen molar-refractivity contribution in [2.75, 3.05) is 20.1 Å². The number of likely N-dealkylation sites (tertiary alicyclic amines) is 1. The molecule has 1 N–H and O–H groups in total. The highest BCUT2D eigenvalue weighted by Gasteiger charge is 2.25. The van der Waals surface area contributed by atoms with Crippen LogP contribution in [0.25, 0.3) is 0 Å². The van der Waals surface area contributed by atoms with Crippen molar-refractivity contribution in [1.82, 2.24) is 10.2 Å². The van der Waals surface area contributed by atoms with E-state index in [9.17, 15) is 0 Å². The fourth-order valence-corrected chi connectivity index (χ4v) is 2.37. The van der Waals surface area contributed by atoms with Crippen LogP contribution in [0.5, 0.6) is 0 Å². The van der Waals surface area contributed by atoms with Gasteiger partial charge in [0.25, 0.3) is 0 Å². The highest BCUT2D eigenvalue weighted by atomic mass is 15.2. The van der Waals surface area contributed by atoms with Crippen molar-refractivity contribution in [2.24, 2.45) is 5.92 Å². The molecule has 0 amide bonds. The molecule has 84 valence electrons. The van der Waals surface area contributed by atoms with E-state index in [0.717, 1.165) is 12.0 Å². The fourth-order valence-electron chi connectivity index (χ4n) is 2.37. The predicted molar refractivity (Wildman–Crippen MR) is 62.6 cm³/mol. The van der Waals surface area contributed by atoms with Gasteiger partial charge in [-0.2, -0.15) is 0 Å². The molecule has 0 aromatic rings. The first kappa shape index (κ1) is 12.0. The van der Waals surface area contributed by atoms with Crippen molar-refractivity contribution >= 4 is 0 Å². The molecule has 1 heterocycles. The minimum atomic E-state index is 0.644. The van der Waals surface area contributed by atoms with Crippen molar-refractivity contribution in [3.63, 3.8) is 0 Å². The first-order valence-electron chi connectivity index (χ1n) is 6.08. The Labute approximate surface area is 89.1 Å². The summed E-state index contributed by atoms with van der Waals surface area (Å²) in [6, 6.07) is 1.39. The second-order valence-electron chi connectivity index (χ2n) is 4.83. The minimum absolute atomic E-state index is 0.644. The Morgan fingerprint density at radius 1 is 1.43 bits per heavy atom. The average Bonchev–Trinajstić information content (AvgIpc) is 2.65. The molecule has 3 unspecified atom stereocenters. The molecule has 0 radical (unpaired) electrons. The van der Waals surface area contributed by atoms with E-state index in [0.29, 0.717) is 6.04 Å². The smallest absolute Gasteiger partial charge is 0.00817 e. The van der Waals surface area contributed by atoms with Crippen molar-refractivity contribution in [3.8, 4) is 0 Å². The molecule has 1 aliphatic rings. The topological polar surface area (TPSA) is 15.3 Å². The van der Waals surface area contributed by atoms with E-state index >= 15 is 0 Å². The van der Waals surface area contributed by atoms with Crippen LogP contribution in [0, 0.1) is 5.92 Å². The van der Waals surface area contributed by atoms with E-state index in [1.807, 2.05) is 0 Å². The second-order valence-corrected chi connectivity index (χ2v) is 4.83. The number of nitrogens with one attached hydrogen (secondary N) is 1. The van der Waals surface area contributed by atoms with Crippen LogP contribution in [0.15, 0.2) is 0 Å². The Morgan fingerprint density at radius 3 is 2.64 bits per heavy atom. The van der Waals surface area contributed by atoms with E-state index in [1.165, 1.54) is 32.4 Å². The van der Waals surface area contributed by atoms with E-state index in [-0.39, 0.29) is 0 Å². The normalized spacial score (nSPS) is 27.9. The van der Waals surface area contributed by atoms with Crippen LogP contribution in [-0.4, -0.2) is 37.1 Å². The van der Waals surface area contributed by atoms with Gasteiger partial charge in [-0.25, -0.2) is 0 Å². The first-order valence-corrected chi connectivity index (χ1v) is 6.08. The Hall–Kier alpha value is -0.0800. The summed E-state index contributed by atoms with van der Waals surface area (Å²) in [5.74, 6) is 0.961. The molecular weight excluding hydrogens is 172 g/mol. The molecule has 1 rings (SSSR count). The zero-order valence-corrected chi connectivity index (χ0v) is 10.2. The van der Waals surface area contributed by atoms with Crippen LogP contribution in [0.2, 0.25) is 0 Å². The summed E-state index contributed by atoms with van der Waals surface area (Å²) in [7, 11) is 2.05. The molecule has 0 aromatic heterocycles. The molecule has 0 saturated carbocycles. The lowest BCUT2D eigenvalue weighted by Gasteiger charge is -2.26. The van der Waals surface area contributed by atoms with Gasteiger partial charge in [-0.3, -0.25) is 0 Å². The molecule has 1 saturated heterocycles. The SMILES string of the molecule is CCC1CCN(C(C)CC(C)NC)C1. The third-order valence-electron chi connectivity index (χ3n) is 3.71. The maximum absolute atomic E-state index is 3.32. The molecule has 1 fully saturated rings. The summed E-state index contributed by atoms with van der Waals surface area (Å²) in [5.41, 5.74) is 0. The van der Waals surface area contributed by atoms with Crippen LogP contribution < -0.4 is 5.32 Å². The summed E-state index contributed by atoms with van der Waals surface area (Å²) in [5, 5.41) is 3.32. The molecule has 0 spiro atoms. The molecule has 14 heavy (non-hydrogen) atoms. The third kappa shape index (κ3) is 3.25. The molecule has 1 aliphatic heterocycles. The van der Waals surface area contributed by atoms with Gasteiger partial charge in [-0.1, -0.05) is 13.3 Å². The van der Waals surface area contributed by atoms with Gasteiger partial charge in [0.1, 0.15) is 0 Å². The summed E-state index contributed by atoms with van der Waals surface area (Å²) >= 11 is 0. The second kappa shape index (κ2) is 5.72. The first-order chi connectivity index (χ1) is 6.67. The van der Waals surface area contributed by atoms with Gasteiger partial charge in [0.2, 0.25) is 0 Å². The van der Waals surface area contributed by atoms with Crippen LogP contribution >= 0.6 is 0 Å².